The standard InChI is InChI=1S/C8H17ClO/c1-6(2)7(10)5-8(3,4)9/h6-7,10H,5H2,1-4H3. The van der Waals surface area contributed by atoms with Crippen molar-refractivity contribution in [3.05, 3.63) is 0 Å². The molecule has 1 unspecified atom stereocenters. The summed E-state index contributed by atoms with van der Waals surface area (Å²) in [6.45, 7) is 7.82. The first-order valence-corrected chi connectivity index (χ1v) is 4.07. The number of halogens is 1. The van der Waals surface area contributed by atoms with Crippen LogP contribution in [0.1, 0.15) is 34.1 Å². The highest BCUT2D eigenvalue weighted by molar-refractivity contribution is 6.23. The molecule has 0 bridgehead atoms. The quantitative estimate of drug-likeness (QED) is 0.636. The van der Waals surface area contributed by atoms with Crippen molar-refractivity contribution in [2.45, 2.75) is 45.1 Å². The minimum atomic E-state index is -0.274. The number of aliphatic hydroxyl groups excluding tert-OH is 1. The van der Waals surface area contributed by atoms with Gasteiger partial charge in [-0.1, -0.05) is 13.8 Å². The summed E-state index contributed by atoms with van der Waals surface area (Å²) in [4.78, 5) is -0.274. The van der Waals surface area contributed by atoms with Gasteiger partial charge in [0.25, 0.3) is 0 Å². The molecule has 0 spiro atoms. The van der Waals surface area contributed by atoms with E-state index >= 15 is 0 Å². The molecule has 0 aromatic heterocycles. The van der Waals surface area contributed by atoms with Crippen molar-refractivity contribution in [2.24, 2.45) is 5.92 Å². The van der Waals surface area contributed by atoms with E-state index in [1.165, 1.54) is 0 Å². The van der Waals surface area contributed by atoms with Gasteiger partial charge < -0.3 is 5.11 Å². The van der Waals surface area contributed by atoms with Crippen molar-refractivity contribution >= 4 is 11.6 Å². The molecule has 0 radical (unpaired) electrons. The van der Waals surface area contributed by atoms with Gasteiger partial charge in [0, 0.05) is 4.87 Å². The number of hydrogen-bond donors (Lipinski definition) is 1. The minimum absolute atomic E-state index is 0.271. The van der Waals surface area contributed by atoms with E-state index in [1.807, 2.05) is 27.7 Å². The van der Waals surface area contributed by atoms with Gasteiger partial charge in [-0.3, -0.25) is 0 Å². The molecule has 0 aliphatic rings. The largest absolute Gasteiger partial charge is 0.393 e. The van der Waals surface area contributed by atoms with Crippen LogP contribution >= 0.6 is 11.6 Å². The third-order valence-electron chi connectivity index (χ3n) is 1.46. The van der Waals surface area contributed by atoms with Gasteiger partial charge in [0.2, 0.25) is 0 Å². The van der Waals surface area contributed by atoms with Crippen LogP contribution in [0.15, 0.2) is 0 Å². The molecular formula is C8H17ClO. The molecule has 1 N–H and O–H groups in total. The Kier molecular flexibility index (Phi) is 3.68. The smallest absolute Gasteiger partial charge is 0.0579 e. The molecule has 0 saturated heterocycles. The van der Waals surface area contributed by atoms with E-state index in [-0.39, 0.29) is 11.0 Å². The van der Waals surface area contributed by atoms with E-state index in [1.54, 1.807) is 0 Å². The molecular weight excluding hydrogens is 148 g/mol. The zero-order valence-electron chi connectivity index (χ0n) is 7.19. The monoisotopic (exact) mass is 164 g/mol. The van der Waals surface area contributed by atoms with Gasteiger partial charge in [0.1, 0.15) is 0 Å². The average Bonchev–Trinajstić information content (AvgIpc) is 1.60. The molecule has 10 heavy (non-hydrogen) atoms. The molecule has 0 saturated carbocycles. The molecule has 0 aliphatic carbocycles. The Labute approximate surface area is 68.4 Å². The Morgan fingerprint density at radius 3 is 1.90 bits per heavy atom. The third kappa shape index (κ3) is 5.07. The van der Waals surface area contributed by atoms with Crippen LogP contribution in [0.2, 0.25) is 0 Å². The number of rotatable bonds is 3. The zero-order chi connectivity index (χ0) is 8.36. The second-order valence-electron chi connectivity index (χ2n) is 3.73. The fourth-order valence-electron chi connectivity index (χ4n) is 0.733. The predicted octanol–water partition coefficient (Wildman–Crippen LogP) is 2.41. The summed E-state index contributed by atoms with van der Waals surface area (Å²) in [6, 6.07) is 0. The van der Waals surface area contributed by atoms with Gasteiger partial charge in [-0.25, -0.2) is 0 Å². The lowest BCUT2D eigenvalue weighted by molar-refractivity contribution is 0.107. The van der Waals surface area contributed by atoms with E-state index < -0.39 is 0 Å². The summed E-state index contributed by atoms with van der Waals surface area (Å²) in [7, 11) is 0. The zero-order valence-corrected chi connectivity index (χ0v) is 7.94. The molecule has 0 fully saturated rings. The van der Waals surface area contributed by atoms with Crippen molar-refractivity contribution in [3.8, 4) is 0 Å². The number of hydrogen-bond acceptors (Lipinski definition) is 1. The predicted molar refractivity (Wildman–Crippen MR) is 45.4 cm³/mol. The van der Waals surface area contributed by atoms with Crippen molar-refractivity contribution in [3.63, 3.8) is 0 Å². The molecule has 0 aliphatic heterocycles. The summed E-state index contributed by atoms with van der Waals surface area (Å²) in [6.07, 6.45) is 0.388. The lowest BCUT2D eigenvalue weighted by Crippen LogP contribution is -2.24. The summed E-state index contributed by atoms with van der Waals surface area (Å²) in [5.41, 5.74) is 0. The van der Waals surface area contributed by atoms with Gasteiger partial charge in [-0.2, -0.15) is 0 Å². The second kappa shape index (κ2) is 3.59. The molecule has 0 aromatic carbocycles. The van der Waals surface area contributed by atoms with Gasteiger partial charge in [-0.15, -0.1) is 11.6 Å². The highest BCUT2D eigenvalue weighted by atomic mass is 35.5. The molecule has 0 aromatic rings. The normalized spacial score (nSPS) is 15.9. The van der Waals surface area contributed by atoms with Crippen LogP contribution in [0.4, 0.5) is 0 Å². The topological polar surface area (TPSA) is 20.2 Å². The maximum atomic E-state index is 9.38. The van der Waals surface area contributed by atoms with Crippen LogP contribution in [0.25, 0.3) is 0 Å². The van der Waals surface area contributed by atoms with Crippen LogP contribution in [0, 0.1) is 5.92 Å². The minimum Gasteiger partial charge on any atom is -0.393 e. The number of alkyl halides is 1. The van der Waals surface area contributed by atoms with Crippen LogP contribution in [-0.4, -0.2) is 16.1 Å². The fourth-order valence-corrected chi connectivity index (χ4v) is 0.891. The number of aliphatic hydroxyl groups is 1. The fraction of sp³-hybridized carbons (Fsp3) is 1.00. The second-order valence-corrected chi connectivity index (χ2v) is 4.76. The van der Waals surface area contributed by atoms with E-state index in [4.69, 9.17) is 11.6 Å². The first-order valence-electron chi connectivity index (χ1n) is 3.70. The van der Waals surface area contributed by atoms with E-state index in [0.29, 0.717) is 12.3 Å². The van der Waals surface area contributed by atoms with Crippen molar-refractivity contribution in [2.75, 3.05) is 0 Å². The molecule has 0 heterocycles. The highest BCUT2D eigenvalue weighted by Crippen LogP contribution is 2.22. The first kappa shape index (κ1) is 10.2. The van der Waals surface area contributed by atoms with Gasteiger partial charge in [-0.05, 0) is 26.2 Å². The Hall–Kier alpha value is 0.250. The molecule has 0 rings (SSSR count). The lowest BCUT2D eigenvalue weighted by Gasteiger charge is -2.22. The molecule has 62 valence electrons. The van der Waals surface area contributed by atoms with Crippen LogP contribution < -0.4 is 0 Å². The summed E-state index contributed by atoms with van der Waals surface area (Å²) in [5.74, 6) is 0.304. The molecule has 0 amide bonds. The SMILES string of the molecule is CC(C)C(O)CC(C)(C)Cl. The summed E-state index contributed by atoms with van der Waals surface area (Å²) < 4.78 is 0. The van der Waals surface area contributed by atoms with Gasteiger partial charge in [0.05, 0.1) is 6.10 Å². The van der Waals surface area contributed by atoms with Crippen LogP contribution in [0.3, 0.4) is 0 Å². The Morgan fingerprint density at radius 2 is 1.80 bits per heavy atom. The Morgan fingerprint density at radius 1 is 1.40 bits per heavy atom. The lowest BCUT2D eigenvalue weighted by atomic mass is 9.97. The van der Waals surface area contributed by atoms with E-state index in [9.17, 15) is 5.11 Å². The van der Waals surface area contributed by atoms with Gasteiger partial charge in [0.15, 0.2) is 0 Å². The maximum absolute atomic E-state index is 9.38. The Bertz CT molecular complexity index is 93.9. The van der Waals surface area contributed by atoms with Gasteiger partial charge >= 0.3 is 0 Å². The third-order valence-corrected chi connectivity index (χ3v) is 1.62. The van der Waals surface area contributed by atoms with Crippen LogP contribution in [-0.2, 0) is 0 Å². The summed E-state index contributed by atoms with van der Waals surface area (Å²) >= 11 is 5.91. The Balaban J connectivity index is 3.68. The molecule has 1 nitrogen and oxygen atoms in total. The summed E-state index contributed by atoms with van der Waals surface area (Å²) in [5, 5.41) is 9.38. The highest BCUT2D eigenvalue weighted by Gasteiger charge is 2.20. The molecule has 2 heteroatoms. The first-order chi connectivity index (χ1) is 4.33. The average molecular weight is 165 g/mol. The van der Waals surface area contributed by atoms with Crippen molar-refractivity contribution in [1.82, 2.24) is 0 Å². The maximum Gasteiger partial charge on any atom is 0.0579 e. The molecule has 1 atom stereocenters. The van der Waals surface area contributed by atoms with E-state index in [2.05, 4.69) is 0 Å². The van der Waals surface area contributed by atoms with Crippen molar-refractivity contribution in [1.29, 1.82) is 0 Å². The van der Waals surface area contributed by atoms with Crippen LogP contribution in [0.5, 0.6) is 0 Å². The van der Waals surface area contributed by atoms with Crippen molar-refractivity contribution < 1.29 is 5.11 Å². The van der Waals surface area contributed by atoms with E-state index in [0.717, 1.165) is 0 Å².